The second-order valence-corrected chi connectivity index (χ2v) is 5.06. The van der Waals surface area contributed by atoms with Crippen molar-refractivity contribution in [3.05, 3.63) is 52.2 Å². The van der Waals surface area contributed by atoms with Crippen molar-refractivity contribution in [3.63, 3.8) is 0 Å². The number of hydrogen-bond donors (Lipinski definition) is 2. The smallest absolute Gasteiger partial charge is 0.119 e. The van der Waals surface area contributed by atoms with Crippen molar-refractivity contribution in [1.29, 1.82) is 5.41 Å². The lowest BCUT2D eigenvalue weighted by molar-refractivity contribution is 0.323. The molecule has 1 aromatic carbocycles. The predicted octanol–water partition coefficient (Wildman–Crippen LogP) is 2.85. The summed E-state index contributed by atoms with van der Waals surface area (Å²) < 4.78 is 5.66. The molecule has 18 heavy (non-hydrogen) atoms. The van der Waals surface area contributed by atoms with Crippen LogP contribution in [0.15, 0.2) is 41.8 Å². The standard InChI is InChI=1S/C14H16N2OS/c15-14(16)10-11-3-5-12(6-4-11)17-8-7-13-2-1-9-18-13/h1-6,9H,7-8,10H2,(H3,15,16). The highest BCUT2D eigenvalue weighted by molar-refractivity contribution is 7.09. The molecule has 3 nitrogen and oxygen atoms in total. The molecule has 1 aromatic heterocycles. The van der Waals surface area contributed by atoms with E-state index in [0.29, 0.717) is 13.0 Å². The van der Waals surface area contributed by atoms with Crippen LogP contribution in [-0.4, -0.2) is 12.4 Å². The molecule has 0 atom stereocenters. The minimum absolute atomic E-state index is 0.182. The van der Waals surface area contributed by atoms with Gasteiger partial charge in [0.2, 0.25) is 0 Å². The van der Waals surface area contributed by atoms with E-state index in [2.05, 4.69) is 17.5 Å². The van der Waals surface area contributed by atoms with Gasteiger partial charge >= 0.3 is 0 Å². The van der Waals surface area contributed by atoms with E-state index < -0.39 is 0 Å². The van der Waals surface area contributed by atoms with Crippen LogP contribution in [0.4, 0.5) is 0 Å². The molecule has 0 fully saturated rings. The highest BCUT2D eigenvalue weighted by Crippen LogP contribution is 2.14. The first-order chi connectivity index (χ1) is 8.74. The number of thiophene rings is 1. The first-order valence-corrected chi connectivity index (χ1v) is 6.69. The third kappa shape index (κ3) is 3.89. The lowest BCUT2D eigenvalue weighted by Gasteiger charge is -2.06. The fraction of sp³-hybridized carbons (Fsp3) is 0.214. The first-order valence-electron chi connectivity index (χ1n) is 5.81. The molecule has 3 N–H and O–H groups in total. The van der Waals surface area contributed by atoms with E-state index in [1.54, 1.807) is 11.3 Å². The predicted molar refractivity (Wildman–Crippen MR) is 75.6 cm³/mol. The van der Waals surface area contributed by atoms with Crippen LogP contribution in [0.5, 0.6) is 5.75 Å². The molecular weight excluding hydrogens is 244 g/mol. The van der Waals surface area contributed by atoms with Crippen molar-refractivity contribution in [2.45, 2.75) is 12.8 Å². The van der Waals surface area contributed by atoms with E-state index in [0.717, 1.165) is 17.7 Å². The Morgan fingerprint density at radius 2 is 2.00 bits per heavy atom. The van der Waals surface area contributed by atoms with Crippen LogP contribution >= 0.6 is 11.3 Å². The Morgan fingerprint density at radius 3 is 2.61 bits per heavy atom. The maximum absolute atomic E-state index is 7.22. The Bertz CT molecular complexity index is 491. The van der Waals surface area contributed by atoms with E-state index in [1.807, 2.05) is 24.3 Å². The van der Waals surface area contributed by atoms with Crippen molar-refractivity contribution in [1.82, 2.24) is 0 Å². The summed E-state index contributed by atoms with van der Waals surface area (Å²) in [6, 6.07) is 11.9. The van der Waals surface area contributed by atoms with Crippen LogP contribution in [0.2, 0.25) is 0 Å². The van der Waals surface area contributed by atoms with Gasteiger partial charge in [0.05, 0.1) is 12.4 Å². The number of amidine groups is 1. The molecule has 4 heteroatoms. The SMILES string of the molecule is N=C(N)Cc1ccc(OCCc2cccs2)cc1. The topological polar surface area (TPSA) is 59.1 Å². The molecule has 94 valence electrons. The zero-order valence-electron chi connectivity index (χ0n) is 10.1. The highest BCUT2D eigenvalue weighted by Gasteiger charge is 1.98. The van der Waals surface area contributed by atoms with Crippen molar-refractivity contribution < 1.29 is 4.74 Å². The molecule has 0 radical (unpaired) electrons. The van der Waals surface area contributed by atoms with E-state index in [4.69, 9.17) is 15.9 Å². The Kier molecular flexibility index (Phi) is 4.36. The molecule has 1 heterocycles. The molecule has 2 rings (SSSR count). The summed E-state index contributed by atoms with van der Waals surface area (Å²) in [5.74, 6) is 1.04. The van der Waals surface area contributed by atoms with Gasteiger partial charge in [-0.3, -0.25) is 5.41 Å². The zero-order chi connectivity index (χ0) is 12.8. The van der Waals surface area contributed by atoms with Gasteiger partial charge in [-0.25, -0.2) is 0 Å². The first kappa shape index (κ1) is 12.6. The minimum atomic E-state index is 0.182. The monoisotopic (exact) mass is 260 g/mol. The van der Waals surface area contributed by atoms with Gasteiger partial charge in [-0.1, -0.05) is 18.2 Å². The summed E-state index contributed by atoms with van der Waals surface area (Å²) in [6.07, 6.45) is 1.43. The van der Waals surface area contributed by atoms with Crippen LogP contribution in [-0.2, 0) is 12.8 Å². The van der Waals surface area contributed by atoms with Gasteiger partial charge in [0.1, 0.15) is 5.75 Å². The molecule has 0 amide bonds. The number of nitrogens with one attached hydrogen (secondary N) is 1. The highest BCUT2D eigenvalue weighted by atomic mass is 32.1. The number of hydrogen-bond acceptors (Lipinski definition) is 3. The van der Waals surface area contributed by atoms with Crippen LogP contribution < -0.4 is 10.5 Å². The molecule has 0 aliphatic carbocycles. The van der Waals surface area contributed by atoms with Gasteiger partial charge in [-0.2, -0.15) is 0 Å². The van der Waals surface area contributed by atoms with Gasteiger partial charge in [-0.05, 0) is 29.1 Å². The summed E-state index contributed by atoms with van der Waals surface area (Å²) in [6.45, 7) is 0.687. The Balaban J connectivity index is 1.81. The van der Waals surface area contributed by atoms with Gasteiger partial charge in [0.15, 0.2) is 0 Å². The maximum Gasteiger partial charge on any atom is 0.119 e. The largest absolute Gasteiger partial charge is 0.493 e. The molecule has 0 saturated carbocycles. The second kappa shape index (κ2) is 6.21. The molecule has 0 unspecified atom stereocenters. The molecule has 0 aliphatic rings. The van der Waals surface area contributed by atoms with Crippen LogP contribution in [0.1, 0.15) is 10.4 Å². The third-order valence-electron chi connectivity index (χ3n) is 2.52. The fourth-order valence-electron chi connectivity index (χ4n) is 1.65. The lowest BCUT2D eigenvalue weighted by atomic mass is 10.1. The maximum atomic E-state index is 7.22. The summed E-state index contributed by atoms with van der Waals surface area (Å²) in [5, 5.41) is 9.30. The third-order valence-corrected chi connectivity index (χ3v) is 3.45. The Labute approximate surface area is 111 Å². The van der Waals surface area contributed by atoms with E-state index in [-0.39, 0.29) is 5.84 Å². The van der Waals surface area contributed by atoms with E-state index >= 15 is 0 Å². The summed E-state index contributed by atoms with van der Waals surface area (Å²) in [5.41, 5.74) is 6.39. The molecule has 0 bridgehead atoms. The Hall–Kier alpha value is -1.81. The van der Waals surface area contributed by atoms with Gasteiger partial charge in [0.25, 0.3) is 0 Å². The molecule has 0 saturated heterocycles. The second-order valence-electron chi connectivity index (χ2n) is 4.02. The van der Waals surface area contributed by atoms with Crippen molar-refractivity contribution in [2.75, 3.05) is 6.61 Å². The molecule has 0 aliphatic heterocycles. The molecule has 2 aromatic rings. The van der Waals surface area contributed by atoms with Gasteiger partial charge in [0, 0.05) is 17.7 Å². The summed E-state index contributed by atoms with van der Waals surface area (Å²) in [7, 11) is 0. The van der Waals surface area contributed by atoms with Crippen LogP contribution in [0.3, 0.4) is 0 Å². The molecular formula is C14H16N2OS. The van der Waals surface area contributed by atoms with Crippen LogP contribution in [0, 0.1) is 5.41 Å². The molecule has 0 spiro atoms. The van der Waals surface area contributed by atoms with E-state index in [1.165, 1.54) is 4.88 Å². The normalized spacial score (nSPS) is 10.2. The fourth-order valence-corrected chi connectivity index (χ4v) is 2.34. The number of nitrogens with two attached hydrogens (primary N) is 1. The number of ether oxygens (including phenoxy) is 1. The quantitative estimate of drug-likeness (QED) is 0.620. The Morgan fingerprint density at radius 1 is 1.22 bits per heavy atom. The van der Waals surface area contributed by atoms with Gasteiger partial charge in [-0.15, -0.1) is 11.3 Å². The average molecular weight is 260 g/mol. The lowest BCUT2D eigenvalue weighted by Crippen LogP contribution is -2.12. The van der Waals surface area contributed by atoms with Crippen molar-refractivity contribution in [3.8, 4) is 5.75 Å². The van der Waals surface area contributed by atoms with Crippen molar-refractivity contribution >= 4 is 17.2 Å². The van der Waals surface area contributed by atoms with Crippen molar-refractivity contribution in [2.24, 2.45) is 5.73 Å². The van der Waals surface area contributed by atoms with Gasteiger partial charge < -0.3 is 10.5 Å². The number of benzene rings is 1. The summed E-state index contributed by atoms with van der Waals surface area (Å²) >= 11 is 1.75. The van der Waals surface area contributed by atoms with E-state index in [9.17, 15) is 0 Å². The minimum Gasteiger partial charge on any atom is -0.493 e. The zero-order valence-corrected chi connectivity index (χ0v) is 10.9. The number of rotatable bonds is 6. The summed E-state index contributed by atoms with van der Waals surface area (Å²) in [4.78, 5) is 1.34. The van der Waals surface area contributed by atoms with Crippen LogP contribution in [0.25, 0.3) is 0 Å². The average Bonchev–Trinajstić information content (AvgIpc) is 2.84.